The molecule has 142 valence electrons. The first-order chi connectivity index (χ1) is 11.9. The largest absolute Gasteiger partial charge is 0.469 e. The predicted molar refractivity (Wildman–Crippen MR) is 101 cm³/mol. The van der Waals surface area contributed by atoms with Gasteiger partial charge in [-0.2, -0.15) is 0 Å². The minimum Gasteiger partial charge on any atom is -0.469 e. The molecule has 0 saturated heterocycles. The summed E-state index contributed by atoms with van der Waals surface area (Å²) in [5, 5.41) is 0. The third kappa shape index (κ3) is 2.18. The van der Waals surface area contributed by atoms with Gasteiger partial charge in [0.05, 0.1) is 12.5 Å². The molecule has 0 bridgehead atoms. The van der Waals surface area contributed by atoms with Crippen LogP contribution in [0.3, 0.4) is 0 Å². The molecule has 0 spiro atoms. The van der Waals surface area contributed by atoms with Crippen LogP contribution in [0.15, 0.2) is 0 Å². The standard InChI is InChI=1S/C23H38O2/c1-5-23(20(24)25-4)15-12-19-17-10-9-16-8-6-7-13-21(16,2)18(17)11-14-22(19,23)3/h16-19H,5-15H2,1-4H3/t16-,17+,18-,19-,21-,22-,23+/m0/s1. The van der Waals surface area contributed by atoms with Gasteiger partial charge in [-0.05, 0) is 92.3 Å². The van der Waals surface area contributed by atoms with E-state index in [1.54, 1.807) is 7.11 Å². The van der Waals surface area contributed by atoms with E-state index in [0.29, 0.717) is 5.41 Å². The summed E-state index contributed by atoms with van der Waals surface area (Å²) in [6.07, 6.45) is 14.5. The third-order valence-electron chi connectivity index (χ3n) is 10.1. The Bertz CT molecular complexity index is 542. The quantitative estimate of drug-likeness (QED) is 0.574. The number of fused-ring (bicyclic) bond motifs is 5. The first-order valence-corrected chi connectivity index (χ1v) is 11.0. The molecule has 0 heterocycles. The van der Waals surface area contributed by atoms with Crippen LogP contribution >= 0.6 is 0 Å². The van der Waals surface area contributed by atoms with E-state index in [4.69, 9.17) is 4.74 Å². The van der Waals surface area contributed by atoms with Crippen LogP contribution in [0.25, 0.3) is 0 Å². The Labute approximate surface area is 154 Å². The van der Waals surface area contributed by atoms with E-state index in [1.165, 1.54) is 57.8 Å². The van der Waals surface area contributed by atoms with Crippen molar-refractivity contribution in [1.29, 1.82) is 0 Å². The molecule has 0 amide bonds. The molecule has 4 aliphatic carbocycles. The van der Waals surface area contributed by atoms with E-state index in [-0.39, 0.29) is 16.8 Å². The molecule has 4 saturated carbocycles. The van der Waals surface area contributed by atoms with E-state index in [9.17, 15) is 4.79 Å². The number of ether oxygens (including phenoxy) is 1. The Morgan fingerprint density at radius 2 is 1.72 bits per heavy atom. The van der Waals surface area contributed by atoms with Crippen LogP contribution in [-0.2, 0) is 9.53 Å². The lowest BCUT2D eigenvalue weighted by molar-refractivity contribution is -0.171. The number of methoxy groups -OCH3 is 1. The fraction of sp³-hybridized carbons (Fsp3) is 0.957. The molecule has 0 aromatic rings. The Kier molecular flexibility index (Phi) is 4.28. The van der Waals surface area contributed by atoms with Crippen molar-refractivity contribution in [3.8, 4) is 0 Å². The van der Waals surface area contributed by atoms with Crippen LogP contribution < -0.4 is 0 Å². The molecule has 4 aliphatic rings. The Morgan fingerprint density at radius 1 is 0.960 bits per heavy atom. The second-order valence-electron chi connectivity index (χ2n) is 10.3. The maximum Gasteiger partial charge on any atom is 0.312 e. The first kappa shape index (κ1) is 17.9. The second kappa shape index (κ2) is 5.99. The average Bonchev–Trinajstić information content (AvgIpc) is 2.93. The van der Waals surface area contributed by atoms with Crippen molar-refractivity contribution in [3.05, 3.63) is 0 Å². The van der Waals surface area contributed by atoms with Crippen molar-refractivity contribution in [3.63, 3.8) is 0 Å². The maximum atomic E-state index is 12.9. The zero-order chi connectivity index (χ0) is 17.9. The fourth-order valence-corrected chi connectivity index (χ4v) is 8.69. The maximum absolute atomic E-state index is 12.9. The summed E-state index contributed by atoms with van der Waals surface area (Å²) in [6.45, 7) is 7.31. The number of rotatable bonds is 2. The summed E-state index contributed by atoms with van der Waals surface area (Å²) in [5.74, 6) is 3.57. The zero-order valence-corrected chi connectivity index (χ0v) is 16.9. The Hall–Kier alpha value is -0.530. The molecule has 4 rings (SSSR count). The number of esters is 1. The van der Waals surface area contributed by atoms with Gasteiger partial charge < -0.3 is 4.74 Å². The van der Waals surface area contributed by atoms with E-state index in [2.05, 4.69) is 20.8 Å². The highest BCUT2D eigenvalue weighted by atomic mass is 16.5. The van der Waals surface area contributed by atoms with Gasteiger partial charge in [-0.15, -0.1) is 0 Å². The zero-order valence-electron chi connectivity index (χ0n) is 16.9. The van der Waals surface area contributed by atoms with Gasteiger partial charge in [0, 0.05) is 0 Å². The van der Waals surface area contributed by atoms with Gasteiger partial charge in [-0.25, -0.2) is 0 Å². The lowest BCUT2D eigenvalue weighted by atomic mass is 9.43. The fourth-order valence-electron chi connectivity index (χ4n) is 8.69. The van der Waals surface area contributed by atoms with Crippen LogP contribution in [0.4, 0.5) is 0 Å². The molecule has 0 unspecified atom stereocenters. The smallest absolute Gasteiger partial charge is 0.312 e. The molecule has 7 atom stereocenters. The summed E-state index contributed by atoms with van der Waals surface area (Å²) < 4.78 is 5.35. The molecule has 2 nitrogen and oxygen atoms in total. The molecule has 4 fully saturated rings. The van der Waals surface area contributed by atoms with Gasteiger partial charge in [0.1, 0.15) is 0 Å². The lowest BCUT2D eigenvalue weighted by Crippen LogP contribution is -2.55. The predicted octanol–water partition coefficient (Wildman–Crippen LogP) is 5.99. The van der Waals surface area contributed by atoms with Crippen molar-refractivity contribution in [2.24, 2.45) is 39.9 Å². The normalized spacial score (nSPS) is 52.0. The van der Waals surface area contributed by atoms with E-state index in [1.807, 2.05) is 0 Å². The van der Waals surface area contributed by atoms with Gasteiger partial charge >= 0.3 is 5.97 Å². The van der Waals surface area contributed by atoms with Gasteiger partial charge in [-0.3, -0.25) is 4.79 Å². The molecule has 2 heteroatoms. The Balaban J connectivity index is 1.67. The van der Waals surface area contributed by atoms with Crippen molar-refractivity contribution >= 4 is 5.97 Å². The minimum absolute atomic E-state index is 0.0796. The van der Waals surface area contributed by atoms with Crippen molar-refractivity contribution in [2.45, 2.75) is 91.4 Å². The molecular formula is C23H38O2. The number of carbonyl (C=O) groups excluding carboxylic acids is 1. The third-order valence-corrected chi connectivity index (χ3v) is 10.1. The number of hydrogen-bond acceptors (Lipinski definition) is 2. The molecule has 0 aromatic carbocycles. The summed E-state index contributed by atoms with van der Waals surface area (Å²) in [7, 11) is 1.59. The van der Waals surface area contributed by atoms with Crippen LogP contribution in [0.2, 0.25) is 0 Å². The summed E-state index contributed by atoms with van der Waals surface area (Å²) in [5.41, 5.74) is 0.529. The molecular weight excluding hydrogens is 308 g/mol. The first-order valence-electron chi connectivity index (χ1n) is 11.0. The molecule has 0 radical (unpaired) electrons. The van der Waals surface area contributed by atoms with Crippen molar-refractivity contribution in [2.75, 3.05) is 7.11 Å². The van der Waals surface area contributed by atoms with Gasteiger partial charge in [-0.1, -0.05) is 33.6 Å². The molecule has 0 aromatic heterocycles. The highest BCUT2D eigenvalue weighted by Crippen LogP contribution is 2.71. The van der Waals surface area contributed by atoms with E-state index in [0.717, 1.165) is 36.5 Å². The van der Waals surface area contributed by atoms with E-state index < -0.39 is 0 Å². The van der Waals surface area contributed by atoms with Gasteiger partial charge in [0.25, 0.3) is 0 Å². The minimum atomic E-state index is -0.221. The summed E-state index contributed by atoms with van der Waals surface area (Å²) >= 11 is 0. The topological polar surface area (TPSA) is 26.3 Å². The number of hydrogen-bond donors (Lipinski definition) is 0. The van der Waals surface area contributed by atoms with Gasteiger partial charge in [0.2, 0.25) is 0 Å². The number of carbonyl (C=O) groups is 1. The van der Waals surface area contributed by atoms with E-state index >= 15 is 0 Å². The SMILES string of the molecule is CC[C@]1(C(=O)OC)CC[C@H]2[C@@H]3CC[C@@H]4CCCC[C@]4(C)[C@H]3CC[C@@]21C. The molecule has 0 N–H and O–H groups in total. The highest BCUT2D eigenvalue weighted by molar-refractivity contribution is 5.78. The van der Waals surface area contributed by atoms with Crippen molar-refractivity contribution in [1.82, 2.24) is 0 Å². The second-order valence-corrected chi connectivity index (χ2v) is 10.3. The Morgan fingerprint density at radius 3 is 2.44 bits per heavy atom. The molecule has 0 aliphatic heterocycles. The van der Waals surface area contributed by atoms with Crippen LogP contribution in [0, 0.1) is 39.9 Å². The monoisotopic (exact) mass is 346 g/mol. The van der Waals surface area contributed by atoms with Crippen molar-refractivity contribution < 1.29 is 9.53 Å². The summed E-state index contributed by atoms with van der Waals surface area (Å²) in [4.78, 5) is 12.9. The van der Waals surface area contributed by atoms with Crippen LogP contribution in [0.1, 0.15) is 91.4 Å². The lowest BCUT2D eigenvalue weighted by Gasteiger charge is -2.61. The highest BCUT2D eigenvalue weighted by Gasteiger charge is 2.66. The van der Waals surface area contributed by atoms with Crippen LogP contribution in [-0.4, -0.2) is 13.1 Å². The van der Waals surface area contributed by atoms with Crippen LogP contribution in [0.5, 0.6) is 0 Å². The van der Waals surface area contributed by atoms with Gasteiger partial charge in [0.15, 0.2) is 0 Å². The summed E-state index contributed by atoms with van der Waals surface area (Å²) in [6, 6.07) is 0. The molecule has 25 heavy (non-hydrogen) atoms. The average molecular weight is 347 g/mol.